The van der Waals surface area contributed by atoms with Gasteiger partial charge in [0.25, 0.3) is 5.91 Å². The lowest BCUT2D eigenvalue weighted by Gasteiger charge is -2.10. The van der Waals surface area contributed by atoms with E-state index in [4.69, 9.17) is 0 Å². The Morgan fingerprint density at radius 3 is 2.69 bits per heavy atom. The molecule has 0 aliphatic heterocycles. The lowest BCUT2D eigenvalue weighted by atomic mass is 10.1. The Bertz CT molecular complexity index is 966. The van der Waals surface area contributed by atoms with Gasteiger partial charge in [-0.25, -0.2) is 4.98 Å². The minimum absolute atomic E-state index is 0.00189. The van der Waals surface area contributed by atoms with Gasteiger partial charge in [0.15, 0.2) is 0 Å². The molecule has 0 radical (unpaired) electrons. The Kier molecular flexibility index (Phi) is 4.61. The van der Waals surface area contributed by atoms with E-state index in [9.17, 15) is 22.8 Å². The number of carbonyl (C=O) groups excluding carboxylic acids is 2. The zero-order valence-corrected chi connectivity index (χ0v) is 13.2. The number of fused-ring (bicyclic) bond motifs is 1. The molecular formula is C17H13F3N4O2. The van der Waals surface area contributed by atoms with Crippen molar-refractivity contribution in [3.8, 4) is 0 Å². The molecule has 6 nitrogen and oxygen atoms in total. The Morgan fingerprint density at radius 1 is 1.12 bits per heavy atom. The lowest BCUT2D eigenvalue weighted by Crippen LogP contribution is -2.30. The number of amides is 2. The number of benzene rings is 2. The molecule has 2 amide bonds. The molecule has 0 saturated heterocycles. The minimum atomic E-state index is -4.96. The second-order valence-corrected chi connectivity index (χ2v) is 5.47. The predicted octanol–water partition coefficient (Wildman–Crippen LogP) is 2.99. The number of halogens is 3. The average molecular weight is 362 g/mol. The first-order valence-electron chi connectivity index (χ1n) is 7.51. The molecule has 0 fully saturated rings. The number of hydrogen-bond donors (Lipinski definition) is 3. The van der Waals surface area contributed by atoms with Crippen LogP contribution in [-0.4, -0.2) is 28.0 Å². The smallest absolute Gasteiger partial charge is 0.348 e. The van der Waals surface area contributed by atoms with Crippen molar-refractivity contribution in [2.75, 3.05) is 5.32 Å². The number of nitrogens with zero attached hydrogens (tertiary/aromatic N) is 1. The molecule has 0 aliphatic carbocycles. The van der Waals surface area contributed by atoms with Crippen LogP contribution in [0, 0.1) is 0 Å². The Balaban J connectivity index is 1.64. The van der Waals surface area contributed by atoms with Crippen LogP contribution in [0.15, 0.2) is 48.8 Å². The maximum absolute atomic E-state index is 12.3. The van der Waals surface area contributed by atoms with Gasteiger partial charge in [0.2, 0.25) is 0 Å². The van der Waals surface area contributed by atoms with Crippen LogP contribution in [0.25, 0.3) is 11.0 Å². The molecule has 0 saturated carbocycles. The summed E-state index contributed by atoms with van der Waals surface area (Å²) in [6, 6.07) is 10.8. The highest BCUT2D eigenvalue weighted by Crippen LogP contribution is 2.19. The van der Waals surface area contributed by atoms with E-state index in [0.29, 0.717) is 11.1 Å². The minimum Gasteiger partial charge on any atom is -0.348 e. The SMILES string of the molecule is O=C(NCc1cccc(NC(=O)C(F)(F)F)c1)c1ccc2nc[nH]c2c1. The molecule has 0 atom stereocenters. The molecule has 3 aromatic rings. The number of aromatic nitrogens is 2. The van der Waals surface area contributed by atoms with Crippen molar-refractivity contribution < 1.29 is 22.8 Å². The molecule has 3 rings (SSSR count). The lowest BCUT2D eigenvalue weighted by molar-refractivity contribution is -0.167. The number of alkyl halides is 3. The van der Waals surface area contributed by atoms with E-state index < -0.39 is 12.1 Å². The van der Waals surface area contributed by atoms with Crippen molar-refractivity contribution in [2.45, 2.75) is 12.7 Å². The second-order valence-electron chi connectivity index (χ2n) is 5.47. The highest BCUT2D eigenvalue weighted by molar-refractivity contribution is 5.97. The summed E-state index contributed by atoms with van der Waals surface area (Å²) in [5.41, 5.74) is 2.41. The fraction of sp³-hybridized carbons (Fsp3) is 0.118. The molecule has 0 spiro atoms. The molecule has 134 valence electrons. The summed E-state index contributed by atoms with van der Waals surface area (Å²) in [6.45, 7) is 0.0928. The summed E-state index contributed by atoms with van der Waals surface area (Å²) in [5.74, 6) is -2.39. The van der Waals surface area contributed by atoms with Crippen molar-refractivity contribution in [1.29, 1.82) is 0 Å². The summed E-state index contributed by atoms with van der Waals surface area (Å²) in [7, 11) is 0. The maximum Gasteiger partial charge on any atom is 0.471 e. The normalized spacial score (nSPS) is 11.3. The first kappa shape index (κ1) is 17.5. The molecule has 0 bridgehead atoms. The second kappa shape index (κ2) is 6.87. The van der Waals surface area contributed by atoms with E-state index in [-0.39, 0.29) is 18.1 Å². The van der Waals surface area contributed by atoms with Crippen LogP contribution in [0.4, 0.5) is 18.9 Å². The van der Waals surface area contributed by atoms with Gasteiger partial charge in [-0.1, -0.05) is 12.1 Å². The number of hydrogen-bond acceptors (Lipinski definition) is 3. The standard InChI is InChI=1S/C17H13F3N4O2/c18-17(19,20)16(26)24-12-3-1-2-10(6-12)8-21-15(25)11-4-5-13-14(7-11)23-9-22-13/h1-7,9H,8H2,(H,21,25)(H,22,23)(H,24,26). The molecular weight excluding hydrogens is 349 g/mol. The molecule has 1 aromatic heterocycles. The predicted molar refractivity (Wildman–Crippen MR) is 88.4 cm³/mol. The van der Waals surface area contributed by atoms with Crippen LogP contribution >= 0.6 is 0 Å². The van der Waals surface area contributed by atoms with E-state index in [1.165, 1.54) is 24.5 Å². The fourth-order valence-electron chi connectivity index (χ4n) is 2.32. The summed E-state index contributed by atoms with van der Waals surface area (Å²) < 4.78 is 36.9. The summed E-state index contributed by atoms with van der Waals surface area (Å²) in [6.07, 6.45) is -3.44. The number of nitrogens with one attached hydrogen (secondary N) is 3. The third-order valence-corrected chi connectivity index (χ3v) is 3.58. The highest BCUT2D eigenvalue weighted by Gasteiger charge is 2.38. The van der Waals surface area contributed by atoms with Crippen LogP contribution in [0.2, 0.25) is 0 Å². The van der Waals surface area contributed by atoms with Gasteiger partial charge >= 0.3 is 12.1 Å². The third kappa shape index (κ3) is 4.00. The van der Waals surface area contributed by atoms with Crippen molar-refractivity contribution in [3.63, 3.8) is 0 Å². The monoisotopic (exact) mass is 362 g/mol. The van der Waals surface area contributed by atoms with E-state index >= 15 is 0 Å². The van der Waals surface area contributed by atoms with Crippen molar-refractivity contribution in [2.24, 2.45) is 0 Å². The molecule has 1 heterocycles. The van der Waals surface area contributed by atoms with E-state index in [0.717, 1.165) is 11.0 Å². The van der Waals surface area contributed by atoms with Crippen LogP contribution in [0.1, 0.15) is 15.9 Å². The van der Waals surface area contributed by atoms with Gasteiger partial charge in [-0.05, 0) is 35.9 Å². The van der Waals surface area contributed by atoms with Gasteiger partial charge in [-0.15, -0.1) is 0 Å². The molecule has 9 heteroatoms. The molecule has 0 unspecified atom stereocenters. The molecule has 2 aromatic carbocycles. The van der Waals surface area contributed by atoms with E-state index in [2.05, 4.69) is 15.3 Å². The average Bonchev–Trinajstić information content (AvgIpc) is 3.07. The molecule has 3 N–H and O–H groups in total. The summed E-state index contributed by atoms with van der Waals surface area (Å²) >= 11 is 0. The number of anilines is 1. The molecule has 26 heavy (non-hydrogen) atoms. The van der Waals surface area contributed by atoms with Crippen molar-refractivity contribution in [1.82, 2.24) is 15.3 Å². The van der Waals surface area contributed by atoms with Crippen LogP contribution in [0.3, 0.4) is 0 Å². The topological polar surface area (TPSA) is 86.9 Å². The van der Waals surface area contributed by atoms with Gasteiger partial charge < -0.3 is 15.6 Å². The van der Waals surface area contributed by atoms with Gasteiger partial charge in [0.1, 0.15) is 0 Å². The molecule has 0 aliphatic rings. The van der Waals surface area contributed by atoms with Crippen molar-refractivity contribution in [3.05, 3.63) is 59.9 Å². The first-order chi connectivity index (χ1) is 12.3. The number of carbonyl (C=O) groups is 2. The summed E-state index contributed by atoms with van der Waals surface area (Å²) in [5, 5.41) is 4.45. The number of aromatic amines is 1. The van der Waals surface area contributed by atoms with Crippen LogP contribution in [0.5, 0.6) is 0 Å². The van der Waals surface area contributed by atoms with Gasteiger partial charge in [-0.3, -0.25) is 9.59 Å². The quantitative estimate of drug-likeness (QED) is 0.667. The highest BCUT2D eigenvalue weighted by atomic mass is 19.4. The Morgan fingerprint density at radius 2 is 1.92 bits per heavy atom. The number of rotatable bonds is 4. The van der Waals surface area contributed by atoms with Crippen LogP contribution in [-0.2, 0) is 11.3 Å². The van der Waals surface area contributed by atoms with E-state index in [1.54, 1.807) is 29.6 Å². The Hall–Kier alpha value is -3.36. The Labute approximate surface area is 145 Å². The zero-order chi connectivity index (χ0) is 18.7. The van der Waals surface area contributed by atoms with Crippen molar-refractivity contribution >= 4 is 28.5 Å². The fourth-order valence-corrected chi connectivity index (χ4v) is 2.32. The third-order valence-electron chi connectivity index (χ3n) is 3.58. The maximum atomic E-state index is 12.3. The van der Waals surface area contributed by atoms with E-state index in [1.807, 2.05) is 0 Å². The zero-order valence-electron chi connectivity index (χ0n) is 13.2. The van der Waals surface area contributed by atoms with Gasteiger partial charge in [0, 0.05) is 17.8 Å². The largest absolute Gasteiger partial charge is 0.471 e. The first-order valence-corrected chi connectivity index (χ1v) is 7.51. The van der Waals surface area contributed by atoms with Gasteiger partial charge in [0.05, 0.1) is 17.4 Å². The van der Waals surface area contributed by atoms with Crippen LogP contribution < -0.4 is 10.6 Å². The number of imidazole rings is 1. The summed E-state index contributed by atoms with van der Waals surface area (Å²) in [4.78, 5) is 30.1. The number of H-pyrrole nitrogens is 1. The van der Waals surface area contributed by atoms with Gasteiger partial charge in [-0.2, -0.15) is 13.2 Å².